The van der Waals surface area contributed by atoms with Crippen LogP contribution in [0.15, 0.2) is 23.0 Å². The summed E-state index contributed by atoms with van der Waals surface area (Å²) in [5, 5.41) is 4.06. The topological polar surface area (TPSA) is 91.9 Å². The van der Waals surface area contributed by atoms with E-state index >= 15 is 0 Å². The van der Waals surface area contributed by atoms with E-state index in [-0.39, 0.29) is 17.5 Å². The fraction of sp³-hybridized carbons (Fsp3) is 0.522. The number of carbonyl (C=O) groups excluding carboxylic acids is 1. The average molecular weight is 443 g/mol. The molecule has 1 aliphatic carbocycles. The van der Waals surface area contributed by atoms with Crippen molar-refractivity contribution in [1.82, 2.24) is 19.9 Å². The maximum Gasteiger partial charge on any atom is 0.278 e. The monoisotopic (exact) mass is 442 g/mol. The Hall–Kier alpha value is -2.61. The number of H-pyrrole nitrogens is 2. The van der Waals surface area contributed by atoms with E-state index in [4.69, 9.17) is 17.0 Å². The normalized spacial score (nSPS) is 21.5. The summed E-state index contributed by atoms with van der Waals surface area (Å²) in [7, 11) is 1.61. The van der Waals surface area contributed by atoms with E-state index < -0.39 is 0 Å². The Kier molecular flexibility index (Phi) is 6.18. The van der Waals surface area contributed by atoms with Crippen molar-refractivity contribution in [2.75, 3.05) is 7.11 Å². The Balaban J connectivity index is 1.47. The van der Waals surface area contributed by atoms with Crippen molar-refractivity contribution in [2.24, 2.45) is 11.8 Å². The van der Waals surface area contributed by atoms with Gasteiger partial charge in [0.25, 0.3) is 5.56 Å². The molecule has 0 bridgehead atoms. The zero-order valence-corrected chi connectivity index (χ0v) is 19.1. The summed E-state index contributed by atoms with van der Waals surface area (Å²) < 4.78 is 7.18. The fourth-order valence-electron chi connectivity index (χ4n) is 4.66. The molecule has 3 N–H and O–H groups in total. The van der Waals surface area contributed by atoms with Crippen molar-refractivity contribution in [1.29, 1.82) is 0 Å². The van der Waals surface area contributed by atoms with Crippen LogP contribution in [0.25, 0.3) is 21.9 Å². The average Bonchev–Trinajstić information content (AvgIpc) is 3.11. The van der Waals surface area contributed by atoms with Crippen LogP contribution in [0.4, 0.5) is 0 Å². The van der Waals surface area contributed by atoms with Gasteiger partial charge in [-0.2, -0.15) is 0 Å². The second-order valence-corrected chi connectivity index (χ2v) is 9.11. The van der Waals surface area contributed by atoms with E-state index in [1.54, 1.807) is 7.11 Å². The molecule has 3 aromatic rings. The summed E-state index contributed by atoms with van der Waals surface area (Å²) in [5.41, 5.74) is 1.82. The van der Waals surface area contributed by atoms with Crippen molar-refractivity contribution in [3.05, 3.63) is 33.3 Å². The van der Waals surface area contributed by atoms with Gasteiger partial charge in [0, 0.05) is 29.9 Å². The van der Waals surface area contributed by atoms with Gasteiger partial charge < -0.3 is 20.0 Å². The quantitative estimate of drug-likeness (QED) is 0.497. The first-order chi connectivity index (χ1) is 14.9. The molecule has 4 rings (SSSR count). The van der Waals surface area contributed by atoms with Crippen LogP contribution in [-0.2, 0) is 11.3 Å². The summed E-state index contributed by atoms with van der Waals surface area (Å²) in [5.74, 6) is 1.90. The predicted octanol–water partition coefficient (Wildman–Crippen LogP) is 4.27. The molecular weight excluding hydrogens is 412 g/mol. The lowest BCUT2D eigenvalue weighted by Crippen LogP contribution is -2.43. The summed E-state index contributed by atoms with van der Waals surface area (Å²) >= 11 is 5.46. The molecule has 31 heavy (non-hydrogen) atoms. The number of nitrogens with zero attached hydrogens (tertiary/aromatic N) is 1. The van der Waals surface area contributed by atoms with Gasteiger partial charge in [0.05, 0.1) is 12.6 Å². The van der Waals surface area contributed by atoms with Gasteiger partial charge in [-0.1, -0.05) is 26.7 Å². The number of hydrogen-bond acceptors (Lipinski definition) is 4. The van der Waals surface area contributed by atoms with Crippen LogP contribution < -0.4 is 15.6 Å². The first-order valence-corrected chi connectivity index (χ1v) is 11.4. The van der Waals surface area contributed by atoms with Gasteiger partial charge in [-0.15, -0.1) is 0 Å². The van der Waals surface area contributed by atoms with E-state index in [0.717, 1.165) is 23.7 Å². The number of rotatable bonds is 6. The van der Waals surface area contributed by atoms with Crippen LogP contribution in [0.1, 0.15) is 46.0 Å². The standard InChI is InChI=1S/C23H30N4O3S/c1-13-6-4-7-17(14(13)2)24-19(28)8-5-11-27-22(29)21-20(26-23(27)31)16-12-15(30-3)9-10-18(16)25-21/h9-10,12-14,17,25H,4-8,11H2,1-3H3,(H,24,28)(H,26,31). The zero-order chi connectivity index (χ0) is 22.1. The summed E-state index contributed by atoms with van der Waals surface area (Å²) in [6.07, 6.45) is 4.37. The van der Waals surface area contributed by atoms with Crippen LogP contribution >= 0.6 is 12.2 Å². The van der Waals surface area contributed by atoms with Gasteiger partial charge in [0.15, 0.2) is 4.77 Å². The molecule has 3 atom stereocenters. The fourth-order valence-corrected chi connectivity index (χ4v) is 4.93. The molecule has 0 spiro atoms. The van der Waals surface area contributed by atoms with Crippen LogP contribution in [0.5, 0.6) is 5.75 Å². The molecule has 3 unspecified atom stereocenters. The number of aromatic amines is 2. The third-order valence-corrected chi connectivity index (χ3v) is 7.10. The number of fused-ring (bicyclic) bond motifs is 3. The highest BCUT2D eigenvalue weighted by molar-refractivity contribution is 7.71. The van der Waals surface area contributed by atoms with Crippen molar-refractivity contribution >= 4 is 40.1 Å². The second-order valence-electron chi connectivity index (χ2n) is 8.72. The first-order valence-electron chi connectivity index (χ1n) is 11.0. The number of benzene rings is 1. The van der Waals surface area contributed by atoms with Gasteiger partial charge in [-0.25, -0.2) is 0 Å². The summed E-state index contributed by atoms with van der Waals surface area (Å²) in [6.45, 7) is 4.87. The zero-order valence-electron chi connectivity index (χ0n) is 18.3. The minimum absolute atomic E-state index is 0.0488. The molecular formula is C23H30N4O3S. The predicted molar refractivity (Wildman–Crippen MR) is 125 cm³/mol. The van der Waals surface area contributed by atoms with E-state index in [1.807, 2.05) is 18.2 Å². The van der Waals surface area contributed by atoms with Crippen LogP contribution in [-0.4, -0.2) is 33.6 Å². The van der Waals surface area contributed by atoms with Gasteiger partial charge in [-0.05, 0) is 55.1 Å². The highest BCUT2D eigenvalue weighted by Crippen LogP contribution is 2.29. The molecule has 0 saturated heterocycles. The highest BCUT2D eigenvalue weighted by atomic mass is 32.1. The minimum atomic E-state index is -0.177. The van der Waals surface area contributed by atoms with E-state index in [1.165, 1.54) is 11.0 Å². The molecule has 1 fully saturated rings. The van der Waals surface area contributed by atoms with Crippen LogP contribution in [0.3, 0.4) is 0 Å². The van der Waals surface area contributed by atoms with Crippen molar-refractivity contribution in [3.63, 3.8) is 0 Å². The van der Waals surface area contributed by atoms with Gasteiger partial charge in [-0.3, -0.25) is 14.2 Å². The van der Waals surface area contributed by atoms with Crippen molar-refractivity contribution < 1.29 is 9.53 Å². The van der Waals surface area contributed by atoms with E-state index in [9.17, 15) is 9.59 Å². The van der Waals surface area contributed by atoms with Gasteiger partial charge in [0.1, 0.15) is 11.3 Å². The molecule has 1 saturated carbocycles. The second kappa shape index (κ2) is 8.86. The lowest BCUT2D eigenvalue weighted by Gasteiger charge is -2.34. The number of nitrogens with one attached hydrogen (secondary N) is 3. The largest absolute Gasteiger partial charge is 0.497 e. The summed E-state index contributed by atoms with van der Waals surface area (Å²) in [6, 6.07) is 5.85. The molecule has 166 valence electrons. The van der Waals surface area contributed by atoms with Crippen molar-refractivity contribution in [2.45, 2.75) is 58.5 Å². The van der Waals surface area contributed by atoms with Crippen molar-refractivity contribution in [3.8, 4) is 5.75 Å². The number of methoxy groups -OCH3 is 1. The molecule has 1 aliphatic rings. The van der Waals surface area contributed by atoms with E-state index in [0.29, 0.717) is 52.8 Å². The molecule has 2 aromatic heterocycles. The van der Waals surface area contributed by atoms with Gasteiger partial charge >= 0.3 is 0 Å². The third-order valence-electron chi connectivity index (χ3n) is 6.78. The molecule has 1 aromatic carbocycles. The lowest BCUT2D eigenvalue weighted by atomic mass is 9.78. The third kappa shape index (κ3) is 4.26. The van der Waals surface area contributed by atoms with E-state index in [2.05, 4.69) is 29.1 Å². The molecule has 2 heterocycles. The molecule has 0 aliphatic heterocycles. The Morgan fingerprint density at radius 1 is 1.26 bits per heavy atom. The number of ether oxygens (including phenoxy) is 1. The molecule has 1 amide bonds. The van der Waals surface area contributed by atoms with Gasteiger partial charge in [0.2, 0.25) is 5.91 Å². The van der Waals surface area contributed by atoms with Crippen LogP contribution in [0, 0.1) is 16.6 Å². The Morgan fingerprint density at radius 2 is 2.06 bits per heavy atom. The Labute approximate surface area is 186 Å². The lowest BCUT2D eigenvalue weighted by molar-refractivity contribution is -0.122. The molecule has 7 nitrogen and oxygen atoms in total. The Morgan fingerprint density at radius 3 is 2.84 bits per heavy atom. The maximum atomic E-state index is 13.1. The molecule has 0 radical (unpaired) electrons. The molecule has 8 heteroatoms. The number of carbonyl (C=O) groups is 1. The SMILES string of the molecule is COc1ccc2[nH]c3c(=O)n(CCCC(=O)NC4CCCC(C)C4C)c(=S)[nH]c3c2c1. The number of amides is 1. The highest BCUT2D eigenvalue weighted by Gasteiger charge is 2.27. The Bertz CT molecular complexity index is 1230. The maximum absolute atomic E-state index is 13.1. The smallest absolute Gasteiger partial charge is 0.278 e. The number of aromatic nitrogens is 3. The van der Waals surface area contributed by atoms with Crippen LogP contribution in [0.2, 0.25) is 0 Å². The minimum Gasteiger partial charge on any atom is -0.497 e. The summed E-state index contributed by atoms with van der Waals surface area (Å²) in [4.78, 5) is 31.9. The first kappa shape index (κ1) is 21.6. The number of hydrogen-bond donors (Lipinski definition) is 3.